The number of nitrogens with zero attached hydrogens (tertiary/aromatic N) is 1. The Kier molecular flexibility index (Phi) is 7.24. The highest BCUT2D eigenvalue weighted by Crippen LogP contribution is 2.36. The van der Waals surface area contributed by atoms with E-state index in [1.165, 1.54) is 0 Å². The number of carbonyl (C=O) groups excluding carboxylic acids is 1. The van der Waals surface area contributed by atoms with Crippen molar-refractivity contribution in [2.75, 3.05) is 6.54 Å². The van der Waals surface area contributed by atoms with Gasteiger partial charge in [0, 0.05) is 12.1 Å². The maximum atomic E-state index is 13.5. The molecular formula is C18H19FN2O7. The SMILES string of the molecule is O=C(NCCC(O)C(O)c1cc(F)cc([N+](=O)[O-])c1O)OCc1ccccc1. The monoisotopic (exact) mass is 394 g/mol. The molecular weight excluding hydrogens is 375 g/mol. The van der Waals surface area contributed by atoms with Crippen molar-refractivity contribution in [1.82, 2.24) is 5.32 Å². The molecule has 150 valence electrons. The topological polar surface area (TPSA) is 142 Å². The van der Waals surface area contributed by atoms with E-state index in [-0.39, 0.29) is 19.6 Å². The molecule has 0 fully saturated rings. The van der Waals surface area contributed by atoms with Crippen LogP contribution in [0.5, 0.6) is 5.75 Å². The van der Waals surface area contributed by atoms with E-state index in [0.29, 0.717) is 12.1 Å². The first kappa shape index (κ1) is 21.1. The minimum absolute atomic E-state index is 0.0542. The van der Waals surface area contributed by atoms with Crippen LogP contribution in [0.4, 0.5) is 14.9 Å². The molecule has 2 aromatic carbocycles. The van der Waals surface area contributed by atoms with Crippen LogP contribution in [0.2, 0.25) is 0 Å². The molecule has 2 atom stereocenters. The number of halogens is 1. The highest BCUT2D eigenvalue weighted by Gasteiger charge is 2.27. The standard InChI is InChI=1S/C18H19FN2O7/c19-12-8-13(16(23)14(9-12)21(26)27)17(24)15(22)6-7-20-18(25)28-10-11-4-2-1-3-5-11/h1-5,8-9,15,17,22-24H,6-7,10H2,(H,20,25). The number of phenols is 1. The summed E-state index contributed by atoms with van der Waals surface area (Å²) in [6.45, 7) is -0.0390. The molecule has 0 radical (unpaired) electrons. The van der Waals surface area contributed by atoms with E-state index in [1.54, 1.807) is 24.3 Å². The summed E-state index contributed by atoms with van der Waals surface area (Å²) in [6, 6.07) is 10.2. The summed E-state index contributed by atoms with van der Waals surface area (Å²) < 4.78 is 18.5. The molecule has 28 heavy (non-hydrogen) atoms. The molecule has 0 saturated heterocycles. The number of rotatable bonds is 8. The summed E-state index contributed by atoms with van der Waals surface area (Å²) in [5.74, 6) is -1.98. The molecule has 0 bridgehead atoms. The Hall–Kier alpha value is -3.24. The van der Waals surface area contributed by atoms with Gasteiger partial charge in [0.05, 0.1) is 17.1 Å². The number of benzene rings is 2. The zero-order valence-corrected chi connectivity index (χ0v) is 14.6. The van der Waals surface area contributed by atoms with Gasteiger partial charge in [-0.3, -0.25) is 10.1 Å². The first-order valence-corrected chi connectivity index (χ1v) is 8.27. The molecule has 10 heteroatoms. The molecule has 0 saturated carbocycles. The number of hydrogen-bond acceptors (Lipinski definition) is 7. The third-order valence-corrected chi connectivity index (χ3v) is 3.89. The fourth-order valence-electron chi connectivity index (χ4n) is 2.43. The molecule has 4 N–H and O–H groups in total. The molecule has 0 aliphatic rings. The summed E-state index contributed by atoms with van der Waals surface area (Å²) in [7, 11) is 0. The van der Waals surface area contributed by atoms with Crippen LogP contribution in [0.1, 0.15) is 23.7 Å². The predicted octanol–water partition coefficient (Wildman–Crippen LogP) is 2.15. The molecule has 2 rings (SSSR count). The number of aromatic hydroxyl groups is 1. The quantitative estimate of drug-likeness (QED) is 0.397. The Balaban J connectivity index is 1.86. The second-order valence-corrected chi connectivity index (χ2v) is 5.91. The minimum atomic E-state index is -1.79. The first-order valence-electron chi connectivity index (χ1n) is 8.27. The maximum Gasteiger partial charge on any atom is 0.407 e. The molecule has 2 unspecified atom stereocenters. The lowest BCUT2D eigenvalue weighted by atomic mass is 10.00. The lowest BCUT2D eigenvalue weighted by Gasteiger charge is -2.19. The van der Waals surface area contributed by atoms with Crippen LogP contribution in [0.15, 0.2) is 42.5 Å². The van der Waals surface area contributed by atoms with Crippen LogP contribution < -0.4 is 5.32 Å². The predicted molar refractivity (Wildman–Crippen MR) is 94.9 cm³/mol. The number of carbonyl (C=O) groups is 1. The van der Waals surface area contributed by atoms with E-state index in [2.05, 4.69) is 5.32 Å². The van der Waals surface area contributed by atoms with E-state index in [0.717, 1.165) is 5.56 Å². The van der Waals surface area contributed by atoms with Gasteiger partial charge in [0.15, 0.2) is 0 Å². The zero-order valence-electron chi connectivity index (χ0n) is 14.6. The molecule has 9 nitrogen and oxygen atoms in total. The highest BCUT2D eigenvalue weighted by atomic mass is 19.1. The van der Waals surface area contributed by atoms with Crippen molar-refractivity contribution in [3.63, 3.8) is 0 Å². The third kappa shape index (κ3) is 5.63. The zero-order chi connectivity index (χ0) is 20.7. The lowest BCUT2D eigenvalue weighted by molar-refractivity contribution is -0.386. The number of aliphatic hydroxyl groups excluding tert-OH is 2. The fraction of sp³-hybridized carbons (Fsp3) is 0.278. The Morgan fingerprint density at radius 1 is 1.25 bits per heavy atom. The first-order chi connectivity index (χ1) is 13.3. The van der Waals surface area contributed by atoms with Crippen LogP contribution in [0, 0.1) is 15.9 Å². The lowest BCUT2D eigenvalue weighted by Crippen LogP contribution is -2.29. The molecule has 0 heterocycles. The highest BCUT2D eigenvalue weighted by molar-refractivity contribution is 5.67. The molecule has 0 aliphatic heterocycles. The largest absolute Gasteiger partial charge is 0.502 e. The maximum absolute atomic E-state index is 13.5. The number of amides is 1. The Morgan fingerprint density at radius 3 is 2.57 bits per heavy atom. The van der Waals surface area contributed by atoms with E-state index in [9.17, 15) is 34.6 Å². The van der Waals surface area contributed by atoms with Gasteiger partial charge in [-0.2, -0.15) is 0 Å². The van der Waals surface area contributed by atoms with Gasteiger partial charge in [-0.1, -0.05) is 30.3 Å². The van der Waals surface area contributed by atoms with Gasteiger partial charge in [0.2, 0.25) is 5.75 Å². The van der Waals surface area contributed by atoms with E-state index in [1.807, 2.05) is 6.07 Å². The van der Waals surface area contributed by atoms with Crippen molar-refractivity contribution < 1.29 is 34.2 Å². The summed E-state index contributed by atoms with van der Waals surface area (Å²) in [6.07, 6.45) is -4.24. The van der Waals surface area contributed by atoms with Crippen LogP contribution in [-0.4, -0.2) is 39.0 Å². The number of aliphatic hydroxyl groups is 2. The van der Waals surface area contributed by atoms with Gasteiger partial charge < -0.3 is 25.4 Å². The minimum Gasteiger partial charge on any atom is -0.502 e. The number of phenolic OH excluding ortho intramolecular Hbond substituents is 1. The number of alkyl carbamates (subject to hydrolysis) is 1. The number of ether oxygens (including phenoxy) is 1. The summed E-state index contributed by atoms with van der Waals surface area (Å²) in [4.78, 5) is 21.4. The third-order valence-electron chi connectivity index (χ3n) is 3.89. The Bertz CT molecular complexity index is 832. The van der Waals surface area contributed by atoms with Crippen molar-refractivity contribution in [2.45, 2.75) is 25.2 Å². The number of nitro groups is 1. The number of nitro benzene ring substituents is 1. The van der Waals surface area contributed by atoms with Gasteiger partial charge in [0.25, 0.3) is 0 Å². The molecule has 0 spiro atoms. The number of hydrogen-bond donors (Lipinski definition) is 4. The average molecular weight is 394 g/mol. The summed E-state index contributed by atoms with van der Waals surface area (Å²) in [5, 5.41) is 43.1. The van der Waals surface area contributed by atoms with Crippen LogP contribution >= 0.6 is 0 Å². The molecule has 2 aromatic rings. The fourth-order valence-corrected chi connectivity index (χ4v) is 2.43. The second kappa shape index (κ2) is 9.62. The van der Waals surface area contributed by atoms with E-state index < -0.39 is 46.0 Å². The molecule has 0 aromatic heterocycles. The Labute approximate surface area is 159 Å². The van der Waals surface area contributed by atoms with E-state index >= 15 is 0 Å². The van der Waals surface area contributed by atoms with Crippen LogP contribution in [0.25, 0.3) is 0 Å². The van der Waals surface area contributed by atoms with Gasteiger partial charge in [-0.25, -0.2) is 9.18 Å². The molecule has 1 amide bonds. The summed E-state index contributed by atoms with van der Waals surface area (Å²) in [5.41, 5.74) is -0.661. The second-order valence-electron chi connectivity index (χ2n) is 5.91. The normalized spacial score (nSPS) is 12.8. The van der Waals surface area contributed by atoms with E-state index in [4.69, 9.17) is 4.74 Å². The van der Waals surface area contributed by atoms with Crippen molar-refractivity contribution in [3.8, 4) is 5.75 Å². The number of nitrogens with one attached hydrogen (secondary N) is 1. The van der Waals surface area contributed by atoms with Crippen molar-refractivity contribution in [2.24, 2.45) is 0 Å². The summed E-state index contributed by atoms with van der Waals surface area (Å²) >= 11 is 0. The smallest absolute Gasteiger partial charge is 0.407 e. The van der Waals surface area contributed by atoms with Crippen molar-refractivity contribution >= 4 is 11.8 Å². The van der Waals surface area contributed by atoms with Crippen molar-refractivity contribution in [1.29, 1.82) is 0 Å². The van der Waals surface area contributed by atoms with Crippen LogP contribution in [0.3, 0.4) is 0 Å². The van der Waals surface area contributed by atoms with Gasteiger partial charge in [0.1, 0.15) is 18.5 Å². The van der Waals surface area contributed by atoms with Crippen molar-refractivity contribution in [3.05, 3.63) is 69.5 Å². The average Bonchev–Trinajstić information content (AvgIpc) is 2.67. The molecule has 0 aliphatic carbocycles. The van der Waals surface area contributed by atoms with Gasteiger partial charge in [-0.15, -0.1) is 0 Å². The van der Waals surface area contributed by atoms with Gasteiger partial charge in [-0.05, 0) is 18.1 Å². The van der Waals surface area contributed by atoms with Gasteiger partial charge >= 0.3 is 11.8 Å². The van der Waals surface area contributed by atoms with Crippen LogP contribution in [-0.2, 0) is 11.3 Å². The Morgan fingerprint density at radius 2 is 1.93 bits per heavy atom.